The molecule has 0 atom stereocenters. The van der Waals surface area contributed by atoms with Crippen molar-refractivity contribution in [2.24, 2.45) is 0 Å². The van der Waals surface area contributed by atoms with Crippen LogP contribution in [0.15, 0.2) is 66.7 Å². The van der Waals surface area contributed by atoms with Crippen LogP contribution in [0, 0.1) is 0 Å². The first kappa shape index (κ1) is 13.6. The minimum Gasteiger partial charge on any atom is -0.488 e. The Balaban J connectivity index is 1.96. The first-order valence-corrected chi connectivity index (χ1v) is 6.71. The van der Waals surface area contributed by atoms with Gasteiger partial charge in [-0.05, 0) is 23.1 Å². The fourth-order valence-corrected chi connectivity index (χ4v) is 2.28. The predicted molar refractivity (Wildman–Crippen MR) is 79.7 cm³/mol. The highest BCUT2D eigenvalue weighted by molar-refractivity contribution is 5.89. The summed E-state index contributed by atoms with van der Waals surface area (Å²) >= 11 is 0. The molecule has 3 aromatic rings. The van der Waals surface area contributed by atoms with Crippen LogP contribution in [0.4, 0.5) is 8.78 Å². The Morgan fingerprint density at radius 1 is 0.857 bits per heavy atom. The number of ether oxygens (including phenoxy) is 1. The van der Waals surface area contributed by atoms with Crippen LogP contribution >= 0.6 is 0 Å². The van der Waals surface area contributed by atoms with Crippen LogP contribution in [0.3, 0.4) is 0 Å². The second-order valence-corrected chi connectivity index (χ2v) is 4.82. The van der Waals surface area contributed by atoms with Crippen LogP contribution in [0.5, 0.6) is 5.75 Å². The second-order valence-electron chi connectivity index (χ2n) is 4.82. The Morgan fingerprint density at radius 3 is 2.33 bits per heavy atom. The lowest BCUT2D eigenvalue weighted by atomic mass is 10.1. The van der Waals surface area contributed by atoms with Gasteiger partial charge < -0.3 is 4.74 Å². The molecule has 0 aromatic heterocycles. The van der Waals surface area contributed by atoms with Gasteiger partial charge in [-0.3, -0.25) is 0 Å². The molecule has 3 aromatic carbocycles. The predicted octanol–water partition coefficient (Wildman–Crippen LogP) is 5.36. The van der Waals surface area contributed by atoms with Crippen molar-refractivity contribution in [3.8, 4) is 5.75 Å². The Bertz CT molecular complexity index is 739. The number of hydrogen-bond acceptors (Lipinski definition) is 1. The normalized spacial score (nSPS) is 11.0. The molecule has 21 heavy (non-hydrogen) atoms. The summed E-state index contributed by atoms with van der Waals surface area (Å²) in [7, 11) is 0. The van der Waals surface area contributed by atoms with E-state index in [9.17, 15) is 8.78 Å². The summed E-state index contributed by atoms with van der Waals surface area (Å²) in [5.74, 6) is 0.493. The Morgan fingerprint density at radius 2 is 1.57 bits per heavy atom. The summed E-state index contributed by atoms with van der Waals surface area (Å²) in [6.45, 7) is 0.359. The smallest absolute Gasteiger partial charge is 0.264 e. The number of hydrogen-bond donors (Lipinski definition) is 0. The molecule has 0 fully saturated rings. The van der Waals surface area contributed by atoms with E-state index < -0.39 is 6.43 Å². The molecule has 3 heteroatoms. The van der Waals surface area contributed by atoms with Crippen molar-refractivity contribution in [3.63, 3.8) is 0 Å². The molecule has 3 rings (SSSR count). The van der Waals surface area contributed by atoms with Crippen molar-refractivity contribution in [1.29, 1.82) is 0 Å². The maximum Gasteiger partial charge on any atom is 0.264 e. The van der Waals surface area contributed by atoms with Gasteiger partial charge in [0.05, 0.1) is 0 Å². The summed E-state index contributed by atoms with van der Waals surface area (Å²) in [6, 6.07) is 20.0. The van der Waals surface area contributed by atoms with Crippen molar-refractivity contribution in [3.05, 3.63) is 77.9 Å². The molecule has 0 radical (unpaired) electrons. The lowest BCUT2D eigenvalue weighted by molar-refractivity contribution is 0.151. The molecule has 0 N–H and O–H groups in total. The van der Waals surface area contributed by atoms with Crippen LogP contribution in [0.1, 0.15) is 17.6 Å². The number of fused-ring (bicyclic) bond motifs is 1. The Labute approximate surface area is 121 Å². The zero-order chi connectivity index (χ0) is 14.7. The molecule has 0 unspecified atom stereocenters. The lowest BCUT2D eigenvalue weighted by Gasteiger charge is -2.12. The van der Waals surface area contributed by atoms with Crippen molar-refractivity contribution < 1.29 is 13.5 Å². The third-order valence-electron chi connectivity index (χ3n) is 3.34. The summed E-state index contributed by atoms with van der Waals surface area (Å²) in [5.41, 5.74) is 0.987. The molecule has 0 saturated heterocycles. The standard InChI is InChI=1S/C18H14F2O/c19-18(20)15-10-14-8-4-5-9-16(14)17(11-15)21-12-13-6-2-1-3-7-13/h1-11,18H,12H2. The summed E-state index contributed by atoms with van der Waals surface area (Å²) in [5, 5.41) is 1.61. The van der Waals surface area contributed by atoms with Gasteiger partial charge in [-0.1, -0.05) is 54.6 Å². The first-order chi connectivity index (χ1) is 10.2. The molecule has 0 bridgehead atoms. The van der Waals surface area contributed by atoms with Gasteiger partial charge in [-0.2, -0.15) is 0 Å². The Kier molecular flexibility index (Phi) is 3.82. The summed E-state index contributed by atoms with van der Waals surface area (Å²) in [4.78, 5) is 0. The van der Waals surface area contributed by atoms with Crippen molar-refractivity contribution in [2.45, 2.75) is 13.0 Å². The Hall–Kier alpha value is -2.42. The molecule has 0 aliphatic heterocycles. The second kappa shape index (κ2) is 5.92. The maximum absolute atomic E-state index is 13.0. The SMILES string of the molecule is FC(F)c1cc(OCc2ccccc2)c2ccccc2c1. The first-order valence-electron chi connectivity index (χ1n) is 6.71. The average Bonchev–Trinajstić information content (AvgIpc) is 2.53. The highest BCUT2D eigenvalue weighted by atomic mass is 19.3. The molecule has 106 valence electrons. The van der Waals surface area contributed by atoms with E-state index in [4.69, 9.17) is 4.74 Å². The van der Waals surface area contributed by atoms with E-state index in [0.29, 0.717) is 12.4 Å². The van der Waals surface area contributed by atoms with E-state index in [2.05, 4.69) is 0 Å². The van der Waals surface area contributed by atoms with E-state index in [-0.39, 0.29) is 5.56 Å². The van der Waals surface area contributed by atoms with Gasteiger partial charge in [0.1, 0.15) is 12.4 Å². The van der Waals surface area contributed by atoms with Gasteiger partial charge in [0.25, 0.3) is 6.43 Å². The van der Waals surface area contributed by atoms with Gasteiger partial charge in [0.2, 0.25) is 0 Å². The number of halogens is 2. The minimum atomic E-state index is -2.51. The summed E-state index contributed by atoms with van der Waals surface area (Å²) in [6.07, 6.45) is -2.51. The van der Waals surface area contributed by atoms with Crippen LogP contribution in [0.2, 0.25) is 0 Å². The third kappa shape index (κ3) is 3.02. The third-order valence-corrected chi connectivity index (χ3v) is 3.34. The highest BCUT2D eigenvalue weighted by Crippen LogP contribution is 2.32. The highest BCUT2D eigenvalue weighted by Gasteiger charge is 2.12. The van der Waals surface area contributed by atoms with Crippen molar-refractivity contribution in [2.75, 3.05) is 0 Å². The number of benzene rings is 3. The van der Waals surface area contributed by atoms with Crippen molar-refractivity contribution >= 4 is 10.8 Å². The number of rotatable bonds is 4. The fraction of sp³-hybridized carbons (Fsp3) is 0.111. The van der Waals surface area contributed by atoms with Gasteiger partial charge in [0.15, 0.2) is 0 Å². The molecule has 0 heterocycles. The fourth-order valence-electron chi connectivity index (χ4n) is 2.28. The lowest BCUT2D eigenvalue weighted by Crippen LogP contribution is -1.97. The van der Waals surface area contributed by atoms with E-state index in [1.807, 2.05) is 54.6 Å². The van der Waals surface area contributed by atoms with E-state index in [1.165, 1.54) is 12.1 Å². The van der Waals surface area contributed by atoms with Crippen LogP contribution < -0.4 is 4.74 Å². The molecule has 0 aliphatic rings. The minimum absolute atomic E-state index is 0.0169. The molecular weight excluding hydrogens is 270 g/mol. The van der Waals surface area contributed by atoms with Gasteiger partial charge >= 0.3 is 0 Å². The molecule has 0 aliphatic carbocycles. The monoisotopic (exact) mass is 284 g/mol. The largest absolute Gasteiger partial charge is 0.488 e. The van der Waals surface area contributed by atoms with Gasteiger partial charge in [0, 0.05) is 10.9 Å². The topological polar surface area (TPSA) is 9.23 Å². The molecule has 0 saturated carbocycles. The zero-order valence-electron chi connectivity index (χ0n) is 11.3. The van der Waals surface area contributed by atoms with E-state index >= 15 is 0 Å². The molecule has 0 spiro atoms. The van der Waals surface area contributed by atoms with Crippen molar-refractivity contribution in [1.82, 2.24) is 0 Å². The van der Waals surface area contributed by atoms with Crippen LogP contribution in [0.25, 0.3) is 10.8 Å². The molecule has 0 amide bonds. The quantitative estimate of drug-likeness (QED) is 0.627. The maximum atomic E-state index is 13.0. The van der Waals surface area contributed by atoms with Gasteiger partial charge in [-0.25, -0.2) is 8.78 Å². The van der Waals surface area contributed by atoms with Crippen LogP contribution in [-0.2, 0) is 6.61 Å². The van der Waals surface area contributed by atoms with E-state index in [0.717, 1.165) is 16.3 Å². The zero-order valence-corrected chi connectivity index (χ0v) is 11.3. The molecule has 1 nitrogen and oxygen atoms in total. The summed E-state index contributed by atoms with van der Waals surface area (Å²) < 4.78 is 31.7. The van der Waals surface area contributed by atoms with Gasteiger partial charge in [-0.15, -0.1) is 0 Å². The number of alkyl halides is 2. The average molecular weight is 284 g/mol. The molecular formula is C18H14F2O. The van der Waals surface area contributed by atoms with E-state index in [1.54, 1.807) is 0 Å². The van der Waals surface area contributed by atoms with Crippen LogP contribution in [-0.4, -0.2) is 0 Å².